The second-order valence-electron chi connectivity index (χ2n) is 3.61. The van der Waals surface area contributed by atoms with Crippen LogP contribution in [0.15, 0.2) is 60.7 Å². The third-order valence-corrected chi connectivity index (χ3v) is 2.75. The average Bonchev–Trinajstić information content (AvgIpc) is 2.40. The molecule has 1 amide bonds. The molecule has 1 unspecified atom stereocenters. The van der Waals surface area contributed by atoms with Crippen molar-refractivity contribution < 1.29 is 4.79 Å². The van der Waals surface area contributed by atoms with Gasteiger partial charge in [0.25, 0.3) is 5.91 Å². The normalized spacial score (nSPS) is 11.8. The maximum atomic E-state index is 11.8. The fourth-order valence-electron chi connectivity index (χ4n) is 1.49. The van der Waals surface area contributed by atoms with Crippen LogP contribution in [-0.4, -0.2) is 5.91 Å². The van der Waals surface area contributed by atoms with Crippen LogP contribution in [0.25, 0.3) is 0 Å². The summed E-state index contributed by atoms with van der Waals surface area (Å²) in [7, 11) is 0. The van der Waals surface area contributed by atoms with Gasteiger partial charge in [-0.1, -0.05) is 60.1 Å². The van der Waals surface area contributed by atoms with Gasteiger partial charge in [0, 0.05) is 5.56 Å². The fraction of sp³-hybridized carbons (Fsp3) is 0.0714. The summed E-state index contributed by atoms with van der Waals surface area (Å²) >= 11 is 6.12. The lowest BCUT2D eigenvalue weighted by molar-refractivity contribution is 0.0948. The second kappa shape index (κ2) is 5.51. The number of hydrogen-bond donors (Lipinski definition) is 1. The lowest BCUT2D eigenvalue weighted by Crippen LogP contribution is -2.25. The summed E-state index contributed by atoms with van der Waals surface area (Å²) < 4.78 is 0. The van der Waals surface area contributed by atoms with E-state index in [1.165, 1.54) is 0 Å². The average molecular weight is 246 g/mol. The Bertz CT molecular complexity index is 484. The van der Waals surface area contributed by atoms with Gasteiger partial charge in [0.05, 0.1) is 0 Å². The molecule has 2 aromatic carbocycles. The third kappa shape index (κ3) is 3.08. The quantitative estimate of drug-likeness (QED) is 0.652. The van der Waals surface area contributed by atoms with Gasteiger partial charge >= 0.3 is 0 Å². The zero-order chi connectivity index (χ0) is 12.1. The van der Waals surface area contributed by atoms with Crippen molar-refractivity contribution in [2.75, 3.05) is 0 Å². The molecule has 2 rings (SSSR count). The van der Waals surface area contributed by atoms with Crippen molar-refractivity contribution in [2.24, 2.45) is 0 Å². The highest BCUT2D eigenvalue weighted by molar-refractivity contribution is 6.21. The topological polar surface area (TPSA) is 29.1 Å². The van der Waals surface area contributed by atoms with Crippen molar-refractivity contribution in [3.05, 3.63) is 71.8 Å². The van der Waals surface area contributed by atoms with Crippen molar-refractivity contribution >= 4 is 17.5 Å². The molecule has 1 N–H and O–H groups in total. The van der Waals surface area contributed by atoms with Crippen molar-refractivity contribution in [3.63, 3.8) is 0 Å². The number of halogens is 1. The summed E-state index contributed by atoms with van der Waals surface area (Å²) in [6.45, 7) is 0. The van der Waals surface area contributed by atoms with E-state index in [0.717, 1.165) is 5.56 Å². The molecule has 0 heterocycles. The van der Waals surface area contributed by atoms with Crippen LogP contribution in [0.3, 0.4) is 0 Å². The first-order chi connectivity index (χ1) is 8.27. The van der Waals surface area contributed by atoms with Crippen LogP contribution in [0.2, 0.25) is 0 Å². The molecule has 0 fully saturated rings. The lowest BCUT2D eigenvalue weighted by atomic mass is 10.2. The van der Waals surface area contributed by atoms with E-state index in [1.807, 2.05) is 48.5 Å². The highest BCUT2D eigenvalue weighted by atomic mass is 35.5. The zero-order valence-electron chi connectivity index (χ0n) is 9.14. The highest BCUT2D eigenvalue weighted by Crippen LogP contribution is 2.17. The number of nitrogens with one attached hydrogen (secondary N) is 1. The van der Waals surface area contributed by atoms with Gasteiger partial charge in [0.2, 0.25) is 0 Å². The van der Waals surface area contributed by atoms with Gasteiger partial charge < -0.3 is 5.32 Å². The zero-order valence-corrected chi connectivity index (χ0v) is 9.89. The van der Waals surface area contributed by atoms with Gasteiger partial charge in [0.15, 0.2) is 0 Å². The van der Waals surface area contributed by atoms with Gasteiger partial charge in [-0.15, -0.1) is 0 Å². The van der Waals surface area contributed by atoms with Gasteiger partial charge in [-0.2, -0.15) is 0 Å². The van der Waals surface area contributed by atoms with E-state index in [-0.39, 0.29) is 5.91 Å². The van der Waals surface area contributed by atoms with E-state index in [9.17, 15) is 4.79 Å². The minimum absolute atomic E-state index is 0.172. The van der Waals surface area contributed by atoms with E-state index in [4.69, 9.17) is 11.6 Å². The molecule has 0 aliphatic rings. The summed E-state index contributed by atoms with van der Waals surface area (Å²) in [5, 5.41) is 2.74. The Morgan fingerprint density at radius 3 is 2.06 bits per heavy atom. The van der Waals surface area contributed by atoms with Crippen molar-refractivity contribution in [1.82, 2.24) is 5.32 Å². The number of carbonyl (C=O) groups excluding carboxylic acids is 1. The van der Waals surface area contributed by atoms with Crippen molar-refractivity contribution in [3.8, 4) is 0 Å². The second-order valence-corrected chi connectivity index (χ2v) is 4.05. The standard InChI is InChI=1S/C14H12ClNO/c15-13(11-7-3-1-4-8-11)16-14(17)12-9-5-2-6-10-12/h1-10,13H,(H,16,17). The molecule has 0 saturated heterocycles. The molecule has 17 heavy (non-hydrogen) atoms. The Balaban J connectivity index is 2.05. The first-order valence-corrected chi connectivity index (χ1v) is 5.76. The maximum absolute atomic E-state index is 11.8. The van der Waals surface area contributed by atoms with Crippen LogP contribution in [0.5, 0.6) is 0 Å². The Hall–Kier alpha value is -1.80. The number of carbonyl (C=O) groups is 1. The Kier molecular flexibility index (Phi) is 3.78. The molecule has 0 saturated carbocycles. The van der Waals surface area contributed by atoms with Crippen molar-refractivity contribution in [2.45, 2.75) is 5.50 Å². The lowest BCUT2D eigenvalue weighted by Gasteiger charge is -2.12. The van der Waals surface area contributed by atoms with Crippen molar-refractivity contribution in [1.29, 1.82) is 0 Å². The number of benzene rings is 2. The Morgan fingerprint density at radius 2 is 1.47 bits per heavy atom. The van der Waals surface area contributed by atoms with E-state index < -0.39 is 5.50 Å². The first kappa shape index (κ1) is 11.7. The van der Waals surface area contributed by atoms with Gasteiger partial charge in [-0.25, -0.2) is 0 Å². The fourth-order valence-corrected chi connectivity index (χ4v) is 1.74. The maximum Gasteiger partial charge on any atom is 0.252 e. The van der Waals surface area contributed by atoms with Crippen LogP contribution < -0.4 is 5.32 Å². The molecule has 2 aromatic rings. The minimum Gasteiger partial charge on any atom is -0.332 e. The third-order valence-electron chi connectivity index (χ3n) is 2.39. The Labute approximate surface area is 105 Å². The summed E-state index contributed by atoms with van der Waals surface area (Å²) in [5.74, 6) is -0.172. The molecule has 1 atom stereocenters. The number of amides is 1. The molecule has 0 aliphatic carbocycles. The number of rotatable bonds is 3. The molecule has 86 valence electrons. The first-order valence-electron chi connectivity index (χ1n) is 5.32. The molecule has 3 heteroatoms. The Morgan fingerprint density at radius 1 is 0.941 bits per heavy atom. The molecule has 2 nitrogen and oxygen atoms in total. The molecule has 0 spiro atoms. The number of hydrogen-bond acceptors (Lipinski definition) is 1. The molecule has 0 radical (unpaired) electrons. The predicted molar refractivity (Wildman–Crippen MR) is 68.9 cm³/mol. The van der Waals surface area contributed by atoms with Gasteiger partial charge in [-0.05, 0) is 17.7 Å². The highest BCUT2D eigenvalue weighted by Gasteiger charge is 2.11. The minimum atomic E-state index is -0.510. The van der Waals surface area contributed by atoms with Crippen LogP contribution in [0, 0.1) is 0 Å². The van der Waals surface area contributed by atoms with Gasteiger partial charge in [-0.3, -0.25) is 4.79 Å². The molecule has 0 aromatic heterocycles. The van der Waals surface area contributed by atoms with E-state index in [0.29, 0.717) is 5.56 Å². The molecule has 0 aliphatic heterocycles. The van der Waals surface area contributed by atoms with Gasteiger partial charge in [0.1, 0.15) is 5.50 Å². The summed E-state index contributed by atoms with van der Waals surface area (Å²) in [5.41, 5.74) is 0.969. The van der Waals surface area contributed by atoms with Crippen LogP contribution in [0.4, 0.5) is 0 Å². The van der Waals surface area contributed by atoms with Crippen LogP contribution in [-0.2, 0) is 0 Å². The SMILES string of the molecule is O=C(NC(Cl)c1ccccc1)c1ccccc1. The van der Waals surface area contributed by atoms with E-state index in [1.54, 1.807) is 12.1 Å². The largest absolute Gasteiger partial charge is 0.332 e. The van der Waals surface area contributed by atoms with E-state index in [2.05, 4.69) is 5.32 Å². The summed E-state index contributed by atoms with van der Waals surface area (Å²) in [6.07, 6.45) is 0. The monoisotopic (exact) mass is 245 g/mol. The molecular weight excluding hydrogens is 234 g/mol. The summed E-state index contributed by atoms with van der Waals surface area (Å²) in [6, 6.07) is 18.5. The van der Waals surface area contributed by atoms with Crippen LogP contribution >= 0.6 is 11.6 Å². The number of alkyl halides is 1. The molecular formula is C14H12ClNO. The van der Waals surface area contributed by atoms with E-state index >= 15 is 0 Å². The predicted octanol–water partition coefficient (Wildman–Crippen LogP) is 3.35. The smallest absolute Gasteiger partial charge is 0.252 e. The summed E-state index contributed by atoms with van der Waals surface area (Å²) in [4.78, 5) is 11.8. The molecule has 0 bridgehead atoms. The van der Waals surface area contributed by atoms with Crippen LogP contribution in [0.1, 0.15) is 21.4 Å².